The fraction of sp³-hybridized carbons (Fsp3) is 0.417. The molecule has 0 unspecified atom stereocenters. The van der Waals surface area contributed by atoms with E-state index in [2.05, 4.69) is 5.32 Å². The van der Waals surface area contributed by atoms with E-state index in [1.807, 2.05) is 19.1 Å². The minimum absolute atomic E-state index is 0.0220. The van der Waals surface area contributed by atoms with Gasteiger partial charge in [0.25, 0.3) is 5.91 Å². The van der Waals surface area contributed by atoms with Crippen molar-refractivity contribution in [1.82, 2.24) is 10.2 Å². The van der Waals surface area contributed by atoms with Crippen LogP contribution in [0.15, 0.2) is 42.5 Å². The van der Waals surface area contributed by atoms with Gasteiger partial charge in [0.15, 0.2) is 6.61 Å². The van der Waals surface area contributed by atoms with Crippen molar-refractivity contribution in [2.75, 3.05) is 27.4 Å². The highest BCUT2D eigenvalue weighted by atomic mass is 16.6. The molecular formula is C24H31N3O7. The van der Waals surface area contributed by atoms with Gasteiger partial charge in [-0.15, -0.1) is 0 Å². The number of hydrogen-bond donors (Lipinski definition) is 1. The van der Waals surface area contributed by atoms with Crippen molar-refractivity contribution in [1.29, 1.82) is 0 Å². The quantitative estimate of drug-likeness (QED) is 0.269. The number of nitro groups is 1. The smallest absolute Gasteiger partial charge is 0.311 e. The Morgan fingerprint density at radius 1 is 1.09 bits per heavy atom. The summed E-state index contributed by atoms with van der Waals surface area (Å²) in [5.74, 6) is 0.273. The molecule has 10 heteroatoms. The molecule has 0 bridgehead atoms. The molecule has 0 spiro atoms. The molecule has 184 valence electrons. The standard InChI is InChI=1S/C24H31N3O7/c1-5-6-13-25-24(29)17(2)26(15-18-7-9-19(32-3)10-8-18)23(28)16-34-20-11-12-21(27(30)31)22(14-20)33-4/h7-12,14,17H,5-6,13,15-16H2,1-4H3,(H,25,29)/t17-/m1/s1. The lowest BCUT2D eigenvalue weighted by molar-refractivity contribution is -0.385. The predicted molar refractivity (Wildman–Crippen MR) is 126 cm³/mol. The van der Waals surface area contributed by atoms with Crippen molar-refractivity contribution in [2.24, 2.45) is 0 Å². The third kappa shape index (κ3) is 7.36. The minimum Gasteiger partial charge on any atom is -0.497 e. The van der Waals surface area contributed by atoms with Crippen LogP contribution in [-0.4, -0.2) is 55.1 Å². The average Bonchev–Trinajstić information content (AvgIpc) is 2.85. The van der Waals surface area contributed by atoms with Gasteiger partial charge in [-0.2, -0.15) is 0 Å². The average molecular weight is 474 g/mol. The van der Waals surface area contributed by atoms with Crippen LogP contribution in [0.3, 0.4) is 0 Å². The number of carbonyl (C=O) groups is 2. The molecule has 2 rings (SSSR count). The van der Waals surface area contributed by atoms with Gasteiger partial charge in [0.05, 0.1) is 19.1 Å². The number of unbranched alkanes of at least 4 members (excludes halogenated alkanes) is 1. The van der Waals surface area contributed by atoms with Gasteiger partial charge in [-0.3, -0.25) is 19.7 Å². The molecule has 0 aliphatic rings. The summed E-state index contributed by atoms with van der Waals surface area (Å²) in [5, 5.41) is 13.9. The largest absolute Gasteiger partial charge is 0.497 e. The summed E-state index contributed by atoms with van der Waals surface area (Å²) >= 11 is 0. The Balaban J connectivity index is 2.16. The molecule has 34 heavy (non-hydrogen) atoms. The molecule has 0 fully saturated rings. The number of amides is 2. The van der Waals surface area contributed by atoms with Crippen LogP contribution in [0.4, 0.5) is 5.69 Å². The van der Waals surface area contributed by atoms with Crippen molar-refractivity contribution in [3.8, 4) is 17.2 Å². The highest BCUT2D eigenvalue weighted by molar-refractivity contribution is 5.88. The van der Waals surface area contributed by atoms with E-state index < -0.39 is 16.9 Å². The Morgan fingerprint density at radius 3 is 2.35 bits per heavy atom. The number of nitrogens with one attached hydrogen (secondary N) is 1. The number of nitrogens with zero attached hydrogens (tertiary/aromatic N) is 2. The minimum atomic E-state index is -0.735. The summed E-state index contributed by atoms with van der Waals surface area (Å²) in [6, 6.07) is 10.5. The van der Waals surface area contributed by atoms with Crippen molar-refractivity contribution in [3.63, 3.8) is 0 Å². The number of rotatable bonds is 13. The first kappa shape index (κ1) is 26.4. The van der Waals surface area contributed by atoms with E-state index in [1.165, 1.54) is 30.2 Å². The van der Waals surface area contributed by atoms with Gasteiger partial charge >= 0.3 is 5.69 Å². The maximum Gasteiger partial charge on any atom is 0.311 e. The number of nitro benzene ring substituents is 1. The van der Waals surface area contributed by atoms with E-state index in [1.54, 1.807) is 26.2 Å². The summed E-state index contributed by atoms with van der Waals surface area (Å²) in [6.07, 6.45) is 1.78. The topological polar surface area (TPSA) is 120 Å². The van der Waals surface area contributed by atoms with Gasteiger partial charge in [-0.05, 0) is 37.1 Å². The number of methoxy groups -OCH3 is 2. The lowest BCUT2D eigenvalue weighted by Crippen LogP contribution is -2.49. The van der Waals surface area contributed by atoms with Gasteiger partial charge in [0.1, 0.15) is 17.5 Å². The van der Waals surface area contributed by atoms with Crippen LogP contribution in [0.1, 0.15) is 32.3 Å². The van der Waals surface area contributed by atoms with Crippen LogP contribution in [0, 0.1) is 10.1 Å². The second-order valence-corrected chi connectivity index (χ2v) is 7.57. The van der Waals surface area contributed by atoms with Crippen molar-refractivity contribution >= 4 is 17.5 Å². The fourth-order valence-electron chi connectivity index (χ4n) is 3.17. The molecular weight excluding hydrogens is 442 g/mol. The van der Waals surface area contributed by atoms with E-state index in [0.29, 0.717) is 12.3 Å². The molecule has 0 saturated carbocycles. The van der Waals surface area contributed by atoms with Crippen LogP contribution < -0.4 is 19.5 Å². The van der Waals surface area contributed by atoms with Crippen LogP contribution in [0.5, 0.6) is 17.2 Å². The molecule has 0 saturated heterocycles. The predicted octanol–water partition coefficient (Wildman–Crippen LogP) is 3.32. The van der Waals surface area contributed by atoms with Gasteiger partial charge in [-0.25, -0.2) is 0 Å². The summed E-state index contributed by atoms with van der Waals surface area (Å²) in [4.78, 5) is 37.7. The van der Waals surface area contributed by atoms with Gasteiger partial charge in [-0.1, -0.05) is 25.5 Å². The molecule has 10 nitrogen and oxygen atoms in total. The van der Waals surface area contributed by atoms with Gasteiger partial charge in [0.2, 0.25) is 11.7 Å². The molecule has 0 aliphatic heterocycles. The van der Waals surface area contributed by atoms with Gasteiger partial charge in [0, 0.05) is 25.2 Å². The van der Waals surface area contributed by atoms with E-state index in [0.717, 1.165) is 18.4 Å². The second kappa shape index (κ2) is 13.0. The number of benzene rings is 2. The van der Waals surface area contributed by atoms with Crippen molar-refractivity contribution < 1.29 is 28.7 Å². The molecule has 1 atom stereocenters. The summed E-state index contributed by atoms with van der Waals surface area (Å²) in [6.45, 7) is 4.06. The van der Waals surface area contributed by atoms with Crippen molar-refractivity contribution in [2.45, 2.75) is 39.3 Å². The van der Waals surface area contributed by atoms with Crippen LogP contribution >= 0.6 is 0 Å². The van der Waals surface area contributed by atoms with E-state index in [-0.39, 0.29) is 36.2 Å². The molecule has 1 N–H and O–H groups in total. The first-order valence-corrected chi connectivity index (χ1v) is 11.0. The Kier molecular flexibility index (Phi) is 10.1. The SMILES string of the molecule is CCCCNC(=O)[C@@H](C)N(Cc1ccc(OC)cc1)C(=O)COc1ccc([N+](=O)[O-])c(OC)c1. The lowest BCUT2D eigenvalue weighted by atomic mass is 10.1. The molecule has 0 aliphatic carbocycles. The Morgan fingerprint density at radius 2 is 1.76 bits per heavy atom. The summed E-state index contributed by atoms with van der Waals surface area (Å²) in [7, 11) is 2.88. The third-order valence-corrected chi connectivity index (χ3v) is 5.22. The molecule has 0 radical (unpaired) electrons. The zero-order valence-corrected chi connectivity index (χ0v) is 19.9. The Hall–Kier alpha value is -3.82. The normalized spacial score (nSPS) is 11.3. The van der Waals surface area contributed by atoms with Crippen LogP contribution in [0.2, 0.25) is 0 Å². The molecule has 2 amide bonds. The highest BCUT2D eigenvalue weighted by Gasteiger charge is 2.26. The second-order valence-electron chi connectivity index (χ2n) is 7.57. The summed E-state index contributed by atoms with van der Waals surface area (Å²) < 4.78 is 15.8. The number of hydrogen-bond acceptors (Lipinski definition) is 7. The molecule has 0 heterocycles. The zero-order valence-electron chi connectivity index (χ0n) is 19.9. The third-order valence-electron chi connectivity index (χ3n) is 5.22. The monoisotopic (exact) mass is 473 g/mol. The summed E-state index contributed by atoms with van der Waals surface area (Å²) in [5.41, 5.74) is 0.610. The van der Waals surface area contributed by atoms with E-state index >= 15 is 0 Å². The van der Waals surface area contributed by atoms with E-state index in [4.69, 9.17) is 14.2 Å². The molecule has 2 aromatic rings. The van der Waals surface area contributed by atoms with Crippen molar-refractivity contribution in [3.05, 3.63) is 58.1 Å². The van der Waals surface area contributed by atoms with E-state index in [9.17, 15) is 19.7 Å². The van der Waals surface area contributed by atoms with Crippen LogP contribution in [0.25, 0.3) is 0 Å². The number of carbonyl (C=O) groups excluding carboxylic acids is 2. The zero-order chi connectivity index (χ0) is 25.1. The Labute approximate surface area is 198 Å². The Bertz CT molecular complexity index is 979. The first-order chi connectivity index (χ1) is 16.3. The molecule has 0 aromatic heterocycles. The maximum atomic E-state index is 13.1. The molecule has 2 aromatic carbocycles. The first-order valence-electron chi connectivity index (χ1n) is 11.0. The van der Waals surface area contributed by atoms with Gasteiger partial charge < -0.3 is 24.4 Å². The van der Waals surface area contributed by atoms with Crippen LogP contribution in [-0.2, 0) is 16.1 Å². The fourth-order valence-corrected chi connectivity index (χ4v) is 3.17. The number of ether oxygens (including phenoxy) is 3. The maximum absolute atomic E-state index is 13.1. The highest BCUT2D eigenvalue weighted by Crippen LogP contribution is 2.30. The lowest BCUT2D eigenvalue weighted by Gasteiger charge is -2.28.